The van der Waals surface area contributed by atoms with Gasteiger partial charge in [0.05, 0.1) is 0 Å². The fraction of sp³-hybridized carbons (Fsp3) is 1.00. The summed E-state index contributed by atoms with van der Waals surface area (Å²) in [4.78, 5) is 0. The van der Waals surface area contributed by atoms with E-state index in [1.807, 2.05) is 21.3 Å². The van der Waals surface area contributed by atoms with Crippen molar-refractivity contribution in [1.82, 2.24) is 0 Å². The number of unbranched alkanes of at least 4 members (excludes halogenated alkanes) is 2. The molecule has 20 heavy (non-hydrogen) atoms. The number of rotatable bonds is 9. The SMILES string of the molecule is CCCCCC1CCC[Si](OC)(OC)C1(CCC)OC. The maximum absolute atomic E-state index is 6.17. The molecule has 1 rings (SSSR count). The zero-order chi connectivity index (χ0) is 15.1. The van der Waals surface area contributed by atoms with E-state index in [9.17, 15) is 0 Å². The van der Waals surface area contributed by atoms with Crippen molar-refractivity contribution in [3.63, 3.8) is 0 Å². The molecule has 120 valence electrons. The Morgan fingerprint density at radius 1 is 1.05 bits per heavy atom. The van der Waals surface area contributed by atoms with Crippen molar-refractivity contribution in [2.24, 2.45) is 5.92 Å². The summed E-state index contributed by atoms with van der Waals surface area (Å²) >= 11 is 0. The molecule has 1 aliphatic heterocycles. The van der Waals surface area contributed by atoms with Gasteiger partial charge in [-0.3, -0.25) is 0 Å². The quantitative estimate of drug-likeness (QED) is 0.465. The molecule has 0 aliphatic carbocycles. The Hall–Kier alpha value is 0.0969. The average Bonchev–Trinajstić information content (AvgIpc) is 2.49. The molecule has 4 heteroatoms. The molecule has 0 amide bonds. The van der Waals surface area contributed by atoms with E-state index >= 15 is 0 Å². The lowest BCUT2D eigenvalue weighted by molar-refractivity contribution is -0.0567. The second-order valence-corrected chi connectivity index (χ2v) is 9.76. The third-order valence-corrected chi connectivity index (χ3v) is 9.65. The van der Waals surface area contributed by atoms with E-state index in [2.05, 4.69) is 13.8 Å². The lowest BCUT2D eigenvalue weighted by Gasteiger charge is -2.52. The number of hydrogen-bond acceptors (Lipinski definition) is 3. The second kappa shape index (κ2) is 8.52. The third-order valence-electron chi connectivity index (χ3n) is 5.16. The van der Waals surface area contributed by atoms with Crippen LogP contribution < -0.4 is 0 Å². The Kier molecular flexibility index (Phi) is 7.73. The van der Waals surface area contributed by atoms with Crippen molar-refractivity contribution in [3.05, 3.63) is 0 Å². The molecule has 1 saturated heterocycles. The van der Waals surface area contributed by atoms with Gasteiger partial charge < -0.3 is 13.6 Å². The van der Waals surface area contributed by atoms with Crippen molar-refractivity contribution >= 4 is 8.56 Å². The van der Waals surface area contributed by atoms with Gasteiger partial charge in [0, 0.05) is 21.3 Å². The van der Waals surface area contributed by atoms with Crippen molar-refractivity contribution in [3.8, 4) is 0 Å². The molecule has 1 aliphatic rings. The van der Waals surface area contributed by atoms with Gasteiger partial charge in [-0.1, -0.05) is 46.0 Å². The highest BCUT2D eigenvalue weighted by Crippen LogP contribution is 2.48. The van der Waals surface area contributed by atoms with Crippen molar-refractivity contribution < 1.29 is 13.6 Å². The summed E-state index contributed by atoms with van der Waals surface area (Å²) in [5.41, 5.74) is 0. The van der Waals surface area contributed by atoms with Crippen molar-refractivity contribution in [1.29, 1.82) is 0 Å². The largest absolute Gasteiger partial charge is 0.396 e. The zero-order valence-corrected chi connectivity index (χ0v) is 15.2. The van der Waals surface area contributed by atoms with Crippen LogP contribution in [0.15, 0.2) is 0 Å². The maximum Gasteiger partial charge on any atom is 0.371 e. The van der Waals surface area contributed by atoms with Crippen LogP contribution >= 0.6 is 0 Å². The summed E-state index contributed by atoms with van der Waals surface area (Å²) in [6.07, 6.45) is 9.82. The Bertz CT molecular complexity index is 268. The van der Waals surface area contributed by atoms with Crippen LogP contribution in [0.1, 0.15) is 65.2 Å². The van der Waals surface area contributed by atoms with Gasteiger partial charge in [0.2, 0.25) is 0 Å². The lowest BCUT2D eigenvalue weighted by Crippen LogP contribution is -2.68. The fourth-order valence-electron chi connectivity index (χ4n) is 4.18. The second-order valence-electron chi connectivity index (χ2n) is 6.09. The first kappa shape index (κ1) is 18.1. The zero-order valence-electron chi connectivity index (χ0n) is 14.2. The van der Waals surface area contributed by atoms with Crippen LogP contribution in [0.5, 0.6) is 0 Å². The standard InChI is InChI=1S/C16H34O3Si/c1-6-8-9-11-15-12-10-14-20(18-4,19-5)16(15,17-3)13-7-2/h15H,6-14H2,1-5H3. The van der Waals surface area contributed by atoms with Gasteiger partial charge >= 0.3 is 8.56 Å². The Balaban J connectivity index is 3.00. The first-order chi connectivity index (χ1) is 9.66. The normalized spacial score (nSPS) is 29.6. The Morgan fingerprint density at radius 2 is 1.75 bits per heavy atom. The molecular formula is C16H34O3Si. The first-order valence-electron chi connectivity index (χ1n) is 8.31. The number of methoxy groups -OCH3 is 1. The van der Waals surface area contributed by atoms with E-state index in [1.165, 1.54) is 38.5 Å². The van der Waals surface area contributed by atoms with Crippen LogP contribution in [0.3, 0.4) is 0 Å². The smallest absolute Gasteiger partial charge is 0.371 e. The van der Waals surface area contributed by atoms with Crippen LogP contribution in [-0.2, 0) is 13.6 Å². The van der Waals surface area contributed by atoms with Gasteiger partial charge in [0.25, 0.3) is 0 Å². The highest BCUT2D eigenvalue weighted by molar-refractivity contribution is 6.70. The number of ether oxygens (including phenoxy) is 1. The summed E-state index contributed by atoms with van der Waals surface area (Å²) in [5.74, 6) is 0.597. The molecule has 1 fully saturated rings. The molecule has 0 aromatic carbocycles. The van der Waals surface area contributed by atoms with Crippen LogP contribution in [0.25, 0.3) is 0 Å². The maximum atomic E-state index is 6.17. The van der Waals surface area contributed by atoms with E-state index in [1.54, 1.807) is 0 Å². The number of hydrogen-bond donors (Lipinski definition) is 0. The molecule has 0 spiro atoms. The van der Waals surface area contributed by atoms with Crippen LogP contribution in [0, 0.1) is 5.92 Å². The van der Waals surface area contributed by atoms with E-state index in [4.69, 9.17) is 13.6 Å². The third kappa shape index (κ3) is 3.29. The van der Waals surface area contributed by atoms with E-state index in [0.29, 0.717) is 5.92 Å². The minimum atomic E-state index is -2.28. The lowest BCUT2D eigenvalue weighted by atomic mass is 9.87. The minimum absolute atomic E-state index is 0.156. The van der Waals surface area contributed by atoms with E-state index in [0.717, 1.165) is 18.9 Å². The van der Waals surface area contributed by atoms with Gasteiger partial charge in [-0.25, -0.2) is 0 Å². The fourth-order valence-corrected chi connectivity index (χ4v) is 8.39. The van der Waals surface area contributed by atoms with Crippen LogP contribution in [-0.4, -0.2) is 35.1 Å². The summed E-state index contributed by atoms with van der Waals surface area (Å²) in [6.45, 7) is 4.50. The molecule has 1 heterocycles. The van der Waals surface area contributed by atoms with Crippen LogP contribution in [0.4, 0.5) is 0 Å². The molecule has 2 atom stereocenters. The van der Waals surface area contributed by atoms with E-state index < -0.39 is 8.56 Å². The van der Waals surface area contributed by atoms with Gasteiger partial charge in [-0.05, 0) is 31.2 Å². The van der Waals surface area contributed by atoms with Gasteiger partial charge in [-0.2, -0.15) is 0 Å². The van der Waals surface area contributed by atoms with Crippen LogP contribution in [0.2, 0.25) is 6.04 Å². The van der Waals surface area contributed by atoms with Gasteiger partial charge in [0.1, 0.15) is 5.22 Å². The molecule has 0 aromatic rings. The van der Waals surface area contributed by atoms with E-state index in [-0.39, 0.29) is 5.22 Å². The summed E-state index contributed by atoms with van der Waals surface area (Å²) in [7, 11) is 3.25. The first-order valence-corrected chi connectivity index (χ1v) is 10.3. The molecule has 3 nitrogen and oxygen atoms in total. The van der Waals surface area contributed by atoms with Gasteiger partial charge in [-0.15, -0.1) is 0 Å². The average molecular weight is 303 g/mol. The monoisotopic (exact) mass is 302 g/mol. The Morgan fingerprint density at radius 3 is 2.25 bits per heavy atom. The predicted molar refractivity (Wildman–Crippen MR) is 86.1 cm³/mol. The summed E-state index contributed by atoms with van der Waals surface area (Å²) in [5, 5.41) is -0.156. The molecule has 0 saturated carbocycles. The van der Waals surface area contributed by atoms with Crippen molar-refractivity contribution in [2.75, 3.05) is 21.3 Å². The minimum Gasteiger partial charge on any atom is -0.396 e. The topological polar surface area (TPSA) is 27.7 Å². The molecule has 2 unspecified atom stereocenters. The summed E-state index contributed by atoms with van der Waals surface area (Å²) < 4.78 is 18.2. The molecule has 0 bridgehead atoms. The molecule has 0 N–H and O–H groups in total. The summed E-state index contributed by atoms with van der Waals surface area (Å²) in [6, 6.07) is 1.07. The molecule has 0 radical (unpaired) electrons. The Labute approximate surface area is 126 Å². The highest BCUT2D eigenvalue weighted by Gasteiger charge is 2.62. The highest BCUT2D eigenvalue weighted by atomic mass is 28.4. The van der Waals surface area contributed by atoms with Gasteiger partial charge in [0.15, 0.2) is 0 Å². The van der Waals surface area contributed by atoms with Crippen molar-refractivity contribution in [2.45, 2.75) is 76.5 Å². The molecule has 0 aromatic heterocycles. The predicted octanol–water partition coefficient (Wildman–Crippen LogP) is 4.44. The molecular weight excluding hydrogens is 268 g/mol.